The van der Waals surface area contributed by atoms with E-state index >= 15 is 0 Å². The number of halogens is 1. The number of anilines is 1. The van der Waals surface area contributed by atoms with Crippen molar-refractivity contribution in [3.63, 3.8) is 0 Å². The van der Waals surface area contributed by atoms with E-state index in [1.807, 2.05) is 55.6 Å². The molecule has 0 aliphatic carbocycles. The van der Waals surface area contributed by atoms with Crippen LogP contribution in [0.5, 0.6) is 0 Å². The topological polar surface area (TPSA) is 161 Å². The van der Waals surface area contributed by atoms with Crippen LogP contribution in [0.3, 0.4) is 0 Å². The fraction of sp³-hybridized carbons (Fsp3) is 0.357. The van der Waals surface area contributed by atoms with Gasteiger partial charge in [-0.05, 0) is 75.9 Å². The summed E-state index contributed by atoms with van der Waals surface area (Å²) < 4.78 is 2.07. The Balaban J connectivity index is 0.840. The highest BCUT2D eigenvalue weighted by Gasteiger charge is 2.40. The molecule has 4 N–H and O–H groups in total. The number of nitrogens with zero attached hydrogens (tertiary/aromatic N) is 6. The Hall–Kier alpha value is -5.62. The lowest BCUT2D eigenvalue weighted by Gasteiger charge is -2.33. The van der Waals surface area contributed by atoms with Crippen molar-refractivity contribution >= 4 is 58.3 Å². The minimum Gasteiger partial charge on any atom is -0.390 e. The summed E-state index contributed by atoms with van der Waals surface area (Å²) in [5.41, 5.74) is 6.94. The first kappa shape index (κ1) is 38.3. The van der Waals surface area contributed by atoms with Crippen LogP contribution in [0.2, 0.25) is 5.02 Å². The number of nitrogens with one attached hydrogen (secondary N) is 4. The number of aromatic nitrogens is 3. The molecule has 57 heavy (non-hydrogen) atoms. The average Bonchev–Trinajstić information content (AvgIpc) is 3.82. The fourth-order valence-electron chi connectivity index (χ4n) is 7.97. The number of amides is 3. The third kappa shape index (κ3) is 7.87. The van der Waals surface area contributed by atoms with Gasteiger partial charge in [-0.15, -0.1) is 21.5 Å². The third-order valence-electron chi connectivity index (χ3n) is 11.0. The van der Waals surface area contributed by atoms with Crippen molar-refractivity contribution in [3.8, 4) is 16.8 Å². The molecule has 0 spiro atoms. The van der Waals surface area contributed by atoms with E-state index in [0.29, 0.717) is 35.7 Å². The monoisotopic (exact) mass is 802 g/mol. The van der Waals surface area contributed by atoms with Crippen LogP contribution in [0.25, 0.3) is 5.00 Å². The first-order chi connectivity index (χ1) is 27.7. The molecule has 2 saturated heterocycles. The van der Waals surface area contributed by atoms with Gasteiger partial charge in [0.25, 0.3) is 5.91 Å². The zero-order chi connectivity index (χ0) is 39.6. The van der Waals surface area contributed by atoms with E-state index in [2.05, 4.69) is 54.4 Å². The Labute approximate surface area is 340 Å². The number of hydrogen-bond acceptors (Lipinski definition) is 11. The molecule has 13 nitrogen and oxygen atoms in total. The smallest absolute Gasteiger partial charge is 0.255 e. The number of rotatable bonds is 10. The number of thiophene rings is 1. The van der Waals surface area contributed by atoms with Crippen molar-refractivity contribution in [1.82, 2.24) is 35.2 Å². The molecule has 2 aromatic carbocycles. The van der Waals surface area contributed by atoms with Crippen LogP contribution in [0.15, 0.2) is 59.2 Å². The molecule has 2 fully saturated rings. The van der Waals surface area contributed by atoms with Crippen LogP contribution in [0, 0.1) is 31.1 Å². The van der Waals surface area contributed by atoms with Crippen molar-refractivity contribution in [2.24, 2.45) is 4.99 Å². The van der Waals surface area contributed by atoms with Gasteiger partial charge in [0.05, 0.1) is 16.2 Å². The van der Waals surface area contributed by atoms with E-state index in [9.17, 15) is 14.4 Å². The molecular formula is C42H43ClN10O3S. The van der Waals surface area contributed by atoms with E-state index < -0.39 is 11.9 Å². The van der Waals surface area contributed by atoms with E-state index in [0.717, 1.165) is 101 Å². The fourth-order valence-corrected chi connectivity index (χ4v) is 9.33. The summed E-state index contributed by atoms with van der Waals surface area (Å²) in [5, 5.41) is 27.8. The summed E-state index contributed by atoms with van der Waals surface area (Å²) in [6, 6.07) is 13.1. The quantitative estimate of drug-likeness (QED) is 0.0742. The van der Waals surface area contributed by atoms with Gasteiger partial charge in [-0.25, -0.2) is 0 Å². The molecule has 0 bridgehead atoms. The predicted molar refractivity (Wildman–Crippen MR) is 221 cm³/mol. The van der Waals surface area contributed by atoms with Crippen LogP contribution < -0.4 is 16.0 Å². The Morgan fingerprint density at radius 2 is 1.89 bits per heavy atom. The Bertz CT molecular complexity index is 2380. The summed E-state index contributed by atoms with van der Waals surface area (Å²) in [4.78, 5) is 47.3. The van der Waals surface area contributed by atoms with Crippen LogP contribution >= 0.6 is 22.9 Å². The van der Waals surface area contributed by atoms with Gasteiger partial charge >= 0.3 is 0 Å². The molecule has 292 valence electrons. The van der Waals surface area contributed by atoms with Gasteiger partial charge in [0.15, 0.2) is 5.82 Å². The number of fused-ring (bicyclic) bond motifs is 4. The Morgan fingerprint density at radius 1 is 1.09 bits per heavy atom. The van der Waals surface area contributed by atoms with Gasteiger partial charge in [-0.1, -0.05) is 41.6 Å². The number of imide groups is 1. The zero-order valence-corrected chi connectivity index (χ0v) is 33.4. The van der Waals surface area contributed by atoms with Gasteiger partial charge < -0.3 is 25.8 Å². The minimum absolute atomic E-state index is 0.158. The lowest BCUT2D eigenvalue weighted by molar-refractivity contribution is -0.136. The summed E-state index contributed by atoms with van der Waals surface area (Å²) in [6.07, 6.45) is 6.58. The molecule has 6 heterocycles. The minimum atomic E-state index is -0.625. The maximum atomic E-state index is 13.2. The van der Waals surface area contributed by atoms with E-state index in [1.54, 1.807) is 16.2 Å². The first-order valence-corrected chi connectivity index (χ1v) is 20.4. The van der Waals surface area contributed by atoms with Gasteiger partial charge in [0.1, 0.15) is 23.4 Å². The molecule has 0 radical (unpaired) electrons. The molecule has 15 heteroatoms. The number of carbonyl (C=O) groups is 3. The molecular weight excluding hydrogens is 760 g/mol. The molecule has 4 aliphatic rings. The van der Waals surface area contributed by atoms with Crippen LogP contribution in [0.1, 0.15) is 81.2 Å². The number of aliphatic imine (C=N–C) groups is 1. The van der Waals surface area contributed by atoms with Crippen LogP contribution in [0.4, 0.5) is 5.69 Å². The number of carbonyl (C=O) groups excluding carboxylic acids is 3. The molecule has 1 atom stereocenters. The van der Waals surface area contributed by atoms with Crippen molar-refractivity contribution in [2.75, 3.05) is 31.5 Å². The Kier molecular flexibility index (Phi) is 11.1. The maximum Gasteiger partial charge on any atom is 0.255 e. The first-order valence-electron chi connectivity index (χ1n) is 19.3. The standard InChI is InChI=1S/C42H43ClN10O3S/c1-25-35(57-42-38(25)39(28-8-10-29(43)11-9-28)46-23-36-50-49-26(2)53(36)42)13-7-27(21-44)22-45-17-4-18-51-19-15-30(16-20-51)47-33-6-3-5-31-32(33)24-52(41(31)56)34-12-14-37(54)48-40(34)55/h3,5-6,8-11,21-22,30,34,44-45,47H,4,12,14-20,23-24H2,1-2H3,(H,48,54,55)/b27-22-,44-21?. The average molecular weight is 803 g/mol. The third-order valence-corrected chi connectivity index (χ3v) is 12.5. The van der Waals surface area contributed by atoms with Gasteiger partial charge in [0.2, 0.25) is 11.8 Å². The van der Waals surface area contributed by atoms with Gasteiger partial charge in [0, 0.05) is 84.0 Å². The van der Waals surface area contributed by atoms with E-state index in [-0.39, 0.29) is 24.3 Å². The van der Waals surface area contributed by atoms with Crippen molar-refractivity contribution in [1.29, 1.82) is 5.41 Å². The number of piperidine rings is 2. The van der Waals surface area contributed by atoms with Crippen molar-refractivity contribution < 1.29 is 14.4 Å². The molecule has 3 amide bonds. The molecule has 1 unspecified atom stereocenters. The summed E-state index contributed by atoms with van der Waals surface area (Å²) in [5.74, 6) is 7.26. The number of aryl methyl sites for hydroxylation is 1. The van der Waals surface area contributed by atoms with Crippen molar-refractivity contribution in [3.05, 3.63) is 104 Å². The van der Waals surface area contributed by atoms with Crippen LogP contribution in [-0.2, 0) is 22.7 Å². The number of allylic oxidation sites excluding steroid dienone is 1. The summed E-state index contributed by atoms with van der Waals surface area (Å²) in [6.45, 7) is 8.42. The second kappa shape index (κ2) is 16.5. The van der Waals surface area contributed by atoms with E-state index in [1.165, 1.54) is 6.21 Å². The highest BCUT2D eigenvalue weighted by molar-refractivity contribution is 7.15. The number of hydrogen-bond donors (Lipinski definition) is 4. The zero-order valence-electron chi connectivity index (χ0n) is 31.8. The normalized spacial score (nSPS) is 18.5. The lowest BCUT2D eigenvalue weighted by atomic mass is 10.00. The molecule has 4 aliphatic heterocycles. The second-order valence-electron chi connectivity index (χ2n) is 14.7. The van der Waals surface area contributed by atoms with Crippen molar-refractivity contribution in [2.45, 2.75) is 71.1 Å². The summed E-state index contributed by atoms with van der Waals surface area (Å²) >= 11 is 7.79. The molecule has 2 aromatic heterocycles. The highest BCUT2D eigenvalue weighted by atomic mass is 35.5. The lowest BCUT2D eigenvalue weighted by Crippen LogP contribution is -2.52. The maximum absolute atomic E-state index is 13.2. The molecule has 4 aromatic rings. The number of benzene rings is 2. The van der Waals surface area contributed by atoms with Gasteiger partial charge in [-0.3, -0.25) is 29.3 Å². The molecule has 0 saturated carbocycles. The highest BCUT2D eigenvalue weighted by Crippen LogP contribution is 2.37. The summed E-state index contributed by atoms with van der Waals surface area (Å²) in [7, 11) is 0. The number of likely N-dealkylation sites (tertiary alicyclic amines) is 1. The Morgan fingerprint density at radius 3 is 2.67 bits per heavy atom. The second-order valence-corrected chi connectivity index (χ2v) is 16.1. The predicted octanol–water partition coefficient (Wildman–Crippen LogP) is 5.15. The largest absolute Gasteiger partial charge is 0.390 e. The SMILES string of the molecule is Cc1c(C#C/C(C=N)=C/NCCCN2CCC(Nc3cccc4c3CN(C3CCC(=O)NC3=O)C4=O)CC2)sc2c1C(c1ccc(Cl)cc1)=NCc1nnc(C)n1-2. The van der Waals surface area contributed by atoms with E-state index in [4.69, 9.17) is 22.0 Å². The van der Waals surface area contributed by atoms with Gasteiger partial charge in [-0.2, -0.15) is 0 Å². The molecule has 8 rings (SSSR count). The van der Waals surface area contributed by atoms with Crippen LogP contribution in [-0.4, -0.2) is 92.5 Å².